The maximum atomic E-state index is 13.7. The Morgan fingerprint density at radius 1 is 1.26 bits per heavy atom. The number of rotatable bonds is 6. The van der Waals surface area contributed by atoms with E-state index in [0.717, 1.165) is 36.9 Å². The summed E-state index contributed by atoms with van der Waals surface area (Å²) in [5.41, 5.74) is 1.32. The van der Waals surface area contributed by atoms with E-state index in [1.165, 1.54) is 10.7 Å². The van der Waals surface area contributed by atoms with E-state index in [1.54, 1.807) is 6.07 Å². The van der Waals surface area contributed by atoms with Crippen LogP contribution in [0.15, 0.2) is 29.3 Å². The molecule has 1 aromatic heterocycles. The number of ether oxygens (including phenoxy) is 1. The minimum Gasteiger partial charge on any atom is -0.376 e. The zero-order chi connectivity index (χ0) is 21.7. The molecule has 0 bridgehead atoms. The minimum atomic E-state index is -4.49. The second-order valence-corrected chi connectivity index (χ2v) is 7.39. The first-order chi connectivity index (χ1) is 14.3. The standard InChI is InChI=1S/C21H28F3N5O.HI/c1-4-25-20(27-13-18-6-5-9-30-18)26-12-16-7-8-17(11-19(16)21(22,23)24)29-15(3)10-14(2)28-29;/h7-8,10-11,18H,4-6,9,12-13H2,1-3H3,(H2,25,26,27);1H. The van der Waals surface area contributed by atoms with Crippen LogP contribution in [0.3, 0.4) is 0 Å². The van der Waals surface area contributed by atoms with Gasteiger partial charge in [0.15, 0.2) is 5.96 Å². The highest BCUT2D eigenvalue weighted by Crippen LogP contribution is 2.34. The first-order valence-electron chi connectivity index (χ1n) is 10.2. The van der Waals surface area contributed by atoms with Crippen LogP contribution < -0.4 is 10.6 Å². The number of aromatic nitrogens is 2. The summed E-state index contributed by atoms with van der Waals surface area (Å²) in [5, 5.41) is 10.5. The van der Waals surface area contributed by atoms with E-state index in [9.17, 15) is 13.2 Å². The molecule has 2 aromatic rings. The summed E-state index contributed by atoms with van der Waals surface area (Å²) in [5.74, 6) is 0.476. The predicted molar refractivity (Wildman–Crippen MR) is 125 cm³/mol. The molecule has 0 aliphatic carbocycles. The van der Waals surface area contributed by atoms with Crippen LogP contribution in [-0.4, -0.2) is 41.5 Å². The summed E-state index contributed by atoms with van der Waals surface area (Å²) in [6, 6.07) is 6.08. The quantitative estimate of drug-likeness (QED) is 0.318. The van der Waals surface area contributed by atoms with Crippen LogP contribution in [0.25, 0.3) is 5.69 Å². The Hall–Kier alpha value is -1.82. The molecular weight excluding hydrogens is 522 g/mol. The van der Waals surface area contributed by atoms with Crippen LogP contribution in [0.2, 0.25) is 0 Å². The number of nitrogens with zero attached hydrogens (tertiary/aromatic N) is 3. The Morgan fingerprint density at radius 2 is 2.03 bits per heavy atom. The van der Waals surface area contributed by atoms with Crippen molar-refractivity contribution in [2.75, 3.05) is 19.7 Å². The Morgan fingerprint density at radius 3 is 2.61 bits per heavy atom. The second-order valence-electron chi connectivity index (χ2n) is 7.39. The molecule has 1 aliphatic heterocycles. The van der Waals surface area contributed by atoms with E-state index in [2.05, 4.69) is 20.7 Å². The van der Waals surface area contributed by atoms with Crippen molar-refractivity contribution in [3.8, 4) is 5.69 Å². The molecule has 0 saturated carbocycles. The van der Waals surface area contributed by atoms with Gasteiger partial charge in [-0.05, 0) is 57.4 Å². The fraction of sp³-hybridized carbons (Fsp3) is 0.524. The second kappa shape index (κ2) is 11.2. The summed E-state index contributed by atoms with van der Waals surface area (Å²) >= 11 is 0. The molecule has 2 N–H and O–H groups in total. The number of guanidine groups is 1. The van der Waals surface area contributed by atoms with Gasteiger partial charge < -0.3 is 15.4 Å². The average Bonchev–Trinajstić information content (AvgIpc) is 3.32. The van der Waals surface area contributed by atoms with Crippen LogP contribution in [0.4, 0.5) is 13.2 Å². The topological polar surface area (TPSA) is 63.5 Å². The van der Waals surface area contributed by atoms with Crippen molar-refractivity contribution in [1.29, 1.82) is 0 Å². The van der Waals surface area contributed by atoms with E-state index in [1.807, 2.05) is 26.8 Å². The van der Waals surface area contributed by atoms with Crippen LogP contribution in [0.5, 0.6) is 0 Å². The van der Waals surface area contributed by atoms with Gasteiger partial charge in [0.25, 0.3) is 0 Å². The molecular formula is C21H29F3IN5O. The maximum absolute atomic E-state index is 13.7. The normalized spacial score (nSPS) is 16.8. The van der Waals surface area contributed by atoms with E-state index < -0.39 is 11.7 Å². The Bertz CT molecular complexity index is 892. The Labute approximate surface area is 197 Å². The van der Waals surface area contributed by atoms with Gasteiger partial charge in [-0.3, -0.25) is 0 Å². The maximum Gasteiger partial charge on any atom is 0.416 e. The first-order valence-corrected chi connectivity index (χ1v) is 10.2. The van der Waals surface area contributed by atoms with Crippen LogP contribution in [0, 0.1) is 13.8 Å². The number of benzene rings is 1. The molecule has 0 spiro atoms. The third-order valence-corrected chi connectivity index (χ3v) is 4.93. The van der Waals surface area contributed by atoms with Crippen molar-refractivity contribution in [3.05, 3.63) is 46.8 Å². The minimum absolute atomic E-state index is 0. The summed E-state index contributed by atoms with van der Waals surface area (Å²) in [6.45, 7) is 7.38. The lowest BCUT2D eigenvalue weighted by Crippen LogP contribution is -2.41. The highest BCUT2D eigenvalue weighted by atomic mass is 127. The van der Waals surface area contributed by atoms with Gasteiger partial charge in [-0.25, -0.2) is 9.67 Å². The van der Waals surface area contributed by atoms with Gasteiger partial charge in [0.1, 0.15) is 0 Å². The highest BCUT2D eigenvalue weighted by molar-refractivity contribution is 14.0. The molecule has 1 fully saturated rings. The summed E-state index contributed by atoms with van der Waals surface area (Å²) in [7, 11) is 0. The zero-order valence-corrected chi connectivity index (χ0v) is 20.3. The number of nitrogens with one attached hydrogen (secondary N) is 2. The Kier molecular flexibility index (Phi) is 9.16. The molecule has 1 atom stereocenters. The van der Waals surface area contributed by atoms with E-state index in [-0.39, 0.29) is 42.2 Å². The molecule has 1 saturated heterocycles. The fourth-order valence-corrected chi connectivity index (χ4v) is 3.51. The molecule has 2 heterocycles. The highest BCUT2D eigenvalue weighted by Gasteiger charge is 2.34. The lowest BCUT2D eigenvalue weighted by atomic mass is 10.1. The summed E-state index contributed by atoms with van der Waals surface area (Å²) < 4.78 is 48.3. The smallest absolute Gasteiger partial charge is 0.376 e. The number of hydrogen-bond acceptors (Lipinski definition) is 3. The fourth-order valence-electron chi connectivity index (χ4n) is 3.51. The lowest BCUT2D eigenvalue weighted by molar-refractivity contribution is -0.138. The van der Waals surface area contributed by atoms with Gasteiger partial charge in [0.2, 0.25) is 0 Å². The number of alkyl halides is 3. The van der Waals surface area contributed by atoms with Crippen molar-refractivity contribution in [3.63, 3.8) is 0 Å². The third-order valence-electron chi connectivity index (χ3n) is 4.93. The molecule has 172 valence electrons. The molecule has 10 heteroatoms. The summed E-state index contributed by atoms with van der Waals surface area (Å²) in [4.78, 5) is 4.36. The van der Waals surface area contributed by atoms with Gasteiger partial charge in [-0.15, -0.1) is 24.0 Å². The number of hydrogen-bond donors (Lipinski definition) is 2. The first kappa shape index (κ1) is 25.4. The van der Waals surface area contributed by atoms with E-state index in [0.29, 0.717) is 24.7 Å². The predicted octanol–water partition coefficient (Wildman–Crippen LogP) is 4.36. The van der Waals surface area contributed by atoms with Gasteiger partial charge in [0, 0.05) is 25.4 Å². The van der Waals surface area contributed by atoms with E-state index >= 15 is 0 Å². The molecule has 1 aliphatic rings. The van der Waals surface area contributed by atoms with Crippen molar-refractivity contribution < 1.29 is 17.9 Å². The Balaban J connectivity index is 0.00000341. The molecule has 0 amide bonds. The van der Waals surface area contributed by atoms with Gasteiger partial charge in [-0.2, -0.15) is 18.3 Å². The number of aryl methyl sites for hydroxylation is 2. The monoisotopic (exact) mass is 551 g/mol. The largest absolute Gasteiger partial charge is 0.416 e. The summed E-state index contributed by atoms with van der Waals surface area (Å²) in [6.07, 6.45) is -2.38. The number of halogens is 4. The zero-order valence-electron chi connectivity index (χ0n) is 17.9. The average molecular weight is 551 g/mol. The van der Waals surface area contributed by atoms with Crippen LogP contribution >= 0.6 is 24.0 Å². The van der Waals surface area contributed by atoms with Gasteiger partial charge in [0.05, 0.1) is 29.6 Å². The molecule has 6 nitrogen and oxygen atoms in total. The molecule has 0 radical (unpaired) electrons. The lowest BCUT2D eigenvalue weighted by Gasteiger charge is -2.16. The molecule has 1 unspecified atom stereocenters. The van der Waals surface area contributed by atoms with Crippen LogP contribution in [0.1, 0.15) is 42.3 Å². The van der Waals surface area contributed by atoms with E-state index in [4.69, 9.17) is 4.74 Å². The molecule has 3 rings (SSSR count). The van der Waals surface area contributed by atoms with Crippen molar-refractivity contribution in [2.24, 2.45) is 4.99 Å². The third kappa shape index (κ3) is 6.83. The SMILES string of the molecule is CCNC(=NCc1ccc(-n2nc(C)cc2C)cc1C(F)(F)F)NCC1CCCO1.I. The molecule has 31 heavy (non-hydrogen) atoms. The van der Waals surface area contributed by atoms with Crippen molar-refractivity contribution in [1.82, 2.24) is 20.4 Å². The molecule has 1 aromatic carbocycles. The van der Waals surface area contributed by atoms with Gasteiger partial charge in [-0.1, -0.05) is 6.07 Å². The van der Waals surface area contributed by atoms with Crippen molar-refractivity contribution in [2.45, 2.75) is 52.4 Å². The van der Waals surface area contributed by atoms with Crippen LogP contribution in [-0.2, 0) is 17.5 Å². The van der Waals surface area contributed by atoms with Gasteiger partial charge >= 0.3 is 6.18 Å². The van der Waals surface area contributed by atoms with Crippen molar-refractivity contribution >= 4 is 29.9 Å². The number of aliphatic imine (C=N–C) groups is 1.